The van der Waals surface area contributed by atoms with E-state index in [1.165, 1.54) is 24.5 Å². The number of hydrogen-bond acceptors (Lipinski definition) is 3. The van der Waals surface area contributed by atoms with Crippen molar-refractivity contribution < 1.29 is 18.0 Å². The molecule has 0 aliphatic carbocycles. The smallest absolute Gasteiger partial charge is 0.274 e. The van der Waals surface area contributed by atoms with Gasteiger partial charge in [-0.1, -0.05) is 30.3 Å². The zero-order valence-corrected chi connectivity index (χ0v) is 16.4. The van der Waals surface area contributed by atoms with E-state index in [1.54, 1.807) is 36.5 Å². The third kappa shape index (κ3) is 4.58. The molecule has 0 saturated heterocycles. The number of nitrogens with zero attached hydrogens (tertiary/aromatic N) is 3. The summed E-state index contributed by atoms with van der Waals surface area (Å²) in [5.41, 5.74) is 2.50. The van der Waals surface area contributed by atoms with Gasteiger partial charge in [0.1, 0.15) is 11.5 Å². The van der Waals surface area contributed by atoms with Gasteiger partial charge in [-0.3, -0.25) is 9.78 Å². The molecule has 158 valence electrons. The molecule has 5 nitrogen and oxygen atoms in total. The second-order valence-electron chi connectivity index (χ2n) is 7.02. The van der Waals surface area contributed by atoms with Crippen molar-refractivity contribution in [2.45, 2.75) is 12.8 Å². The first-order valence-electron chi connectivity index (χ1n) is 9.72. The van der Waals surface area contributed by atoms with Crippen LogP contribution in [0.3, 0.4) is 0 Å². The average Bonchev–Trinajstić information content (AvgIpc) is 3.18. The second-order valence-corrected chi connectivity index (χ2v) is 7.02. The van der Waals surface area contributed by atoms with Gasteiger partial charge in [0.15, 0.2) is 5.69 Å². The van der Waals surface area contributed by atoms with Crippen LogP contribution in [0.1, 0.15) is 16.1 Å². The first-order valence-corrected chi connectivity index (χ1v) is 9.72. The molecular weight excluding hydrogens is 405 g/mol. The molecule has 0 saturated carbocycles. The normalized spacial score (nSPS) is 11.2. The Morgan fingerprint density at radius 1 is 1.06 bits per heavy atom. The van der Waals surface area contributed by atoms with Crippen LogP contribution < -0.4 is 0 Å². The first kappa shape index (κ1) is 20.6. The Balaban J connectivity index is 1.61. The van der Waals surface area contributed by atoms with Crippen molar-refractivity contribution in [3.05, 3.63) is 84.2 Å². The summed E-state index contributed by atoms with van der Waals surface area (Å²) in [6, 6.07) is 13.3. The van der Waals surface area contributed by atoms with E-state index in [2.05, 4.69) is 15.0 Å². The highest BCUT2D eigenvalue weighted by atomic mass is 19.3. The van der Waals surface area contributed by atoms with Gasteiger partial charge in [0.05, 0.1) is 6.54 Å². The number of benzene rings is 2. The number of amides is 1. The maximum atomic E-state index is 13.6. The number of nitrogens with one attached hydrogen (secondary N) is 1. The molecule has 0 aliphatic heterocycles. The Morgan fingerprint density at radius 3 is 2.61 bits per heavy atom. The Kier molecular flexibility index (Phi) is 5.97. The summed E-state index contributed by atoms with van der Waals surface area (Å²) >= 11 is 0. The topological polar surface area (TPSA) is 61.9 Å². The van der Waals surface area contributed by atoms with E-state index in [1.807, 2.05) is 6.07 Å². The van der Waals surface area contributed by atoms with Crippen molar-refractivity contribution in [2.75, 3.05) is 13.1 Å². The van der Waals surface area contributed by atoms with Crippen molar-refractivity contribution in [1.82, 2.24) is 19.9 Å². The van der Waals surface area contributed by atoms with Crippen molar-refractivity contribution >= 4 is 16.8 Å². The molecule has 2 aromatic carbocycles. The molecule has 0 bridgehead atoms. The summed E-state index contributed by atoms with van der Waals surface area (Å²) in [6.45, 7) is -0.711. The van der Waals surface area contributed by atoms with Crippen LogP contribution in [0.25, 0.3) is 22.2 Å². The fourth-order valence-corrected chi connectivity index (χ4v) is 3.51. The lowest BCUT2D eigenvalue weighted by molar-refractivity contribution is 0.0553. The van der Waals surface area contributed by atoms with Crippen LogP contribution in [0.5, 0.6) is 0 Å². The predicted octanol–water partition coefficient (Wildman–Crippen LogP) is 4.71. The fourth-order valence-electron chi connectivity index (χ4n) is 3.51. The lowest BCUT2D eigenvalue weighted by atomic mass is 10.1. The summed E-state index contributed by atoms with van der Waals surface area (Å²) < 4.78 is 40.2. The zero-order chi connectivity index (χ0) is 21.8. The first-order chi connectivity index (χ1) is 15.0. The maximum absolute atomic E-state index is 13.6. The summed E-state index contributed by atoms with van der Waals surface area (Å²) in [4.78, 5) is 25.7. The van der Waals surface area contributed by atoms with Crippen molar-refractivity contribution in [2.24, 2.45) is 0 Å². The highest BCUT2D eigenvalue weighted by Crippen LogP contribution is 2.23. The quantitative estimate of drug-likeness (QED) is 0.467. The van der Waals surface area contributed by atoms with Gasteiger partial charge >= 0.3 is 0 Å². The highest BCUT2D eigenvalue weighted by molar-refractivity contribution is 5.98. The van der Waals surface area contributed by atoms with Crippen molar-refractivity contribution in [1.29, 1.82) is 0 Å². The second kappa shape index (κ2) is 8.99. The molecule has 0 unspecified atom stereocenters. The number of halogens is 3. The number of fused-ring (bicyclic) bond motifs is 1. The van der Waals surface area contributed by atoms with E-state index in [4.69, 9.17) is 0 Å². The third-order valence-electron chi connectivity index (χ3n) is 4.97. The van der Waals surface area contributed by atoms with Gasteiger partial charge in [-0.15, -0.1) is 0 Å². The summed E-state index contributed by atoms with van der Waals surface area (Å²) in [5.74, 6) is -1.01. The van der Waals surface area contributed by atoms with Gasteiger partial charge < -0.3 is 9.88 Å². The van der Waals surface area contributed by atoms with E-state index < -0.39 is 18.9 Å². The summed E-state index contributed by atoms with van der Waals surface area (Å²) in [7, 11) is 0. The molecule has 4 rings (SSSR count). The van der Waals surface area contributed by atoms with Crippen LogP contribution in [0, 0.1) is 5.82 Å². The highest BCUT2D eigenvalue weighted by Gasteiger charge is 2.24. The monoisotopic (exact) mass is 424 g/mol. The zero-order valence-electron chi connectivity index (χ0n) is 16.4. The molecule has 1 amide bonds. The van der Waals surface area contributed by atoms with Gasteiger partial charge in [0.2, 0.25) is 0 Å². The molecule has 0 fully saturated rings. The largest absolute Gasteiger partial charge is 0.361 e. The van der Waals surface area contributed by atoms with Crippen LogP contribution in [-0.2, 0) is 6.42 Å². The Hall–Kier alpha value is -3.68. The minimum absolute atomic E-state index is 0.0133. The van der Waals surface area contributed by atoms with Crippen molar-refractivity contribution in [3.63, 3.8) is 0 Å². The molecule has 0 radical (unpaired) electrons. The molecule has 0 spiro atoms. The molecule has 2 aromatic heterocycles. The Bertz CT molecular complexity index is 1190. The van der Waals surface area contributed by atoms with Crippen LogP contribution in [0.4, 0.5) is 13.2 Å². The van der Waals surface area contributed by atoms with E-state index in [-0.39, 0.29) is 24.5 Å². The minimum atomic E-state index is -2.71. The molecule has 4 aromatic rings. The predicted molar refractivity (Wildman–Crippen MR) is 111 cm³/mol. The SMILES string of the molecule is O=C(c1nccnc1-c1ccccc1)N(CCc1c[nH]c2ccc(F)cc12)CC(F)F. The summed E-state index contributed by atoms with van der Waals surface area (Å²) in [6.07, 6.45) is 2.09. The number of alkyl halides is 2. The lowest BCUT2D eigenvalue weighted by Gasteiger charge is -2.22. The van der Waals surface area contributed by atoms with Gasteiger partial charge in [-0.25, -0.2) is 18.2 Å². The van der Waals surface area contributed by atoms with Gasteiger partial charge in [-0.2, -0.15) is 0 Å². The molecule has 8 heteroatoms. The van der Waals surface area contributed by atoms with E-state index in [0.717, 1.165) is 16.0 Å². The van der Waals surface area contributed by atoms with E-state index >= 15 is 0 Å². The van der Waals surface area contributed by atoms with Crippen molar-refractivity contribution in [3.8, 4) is 11.3 Å². The molecule has 1 N–H and O–H groups in total. The molecule has 0 aliphatic rings. The van der Waals surface area contributed by atoms with E-state index in [9.17, 15) is 18.0 Å². The standard InChI is InChI=1S/C23H19F3N4O/c24-17-6-7-19-18(12-17)16(13-29-19)8-11-30(14-20(25)26)23(31)22-21(27-9-10-28-22)15-4-2-1-3-5-15/h1-7,9-10,12-13,20,29H,8,11,14H2. The van der Waals surface area contributed by atoms with E-state index in [0.29, 0.717) is 16.6 Å². The molecule has 31 heavy (non-hydrogen) atoms. The minimum Gasteiger partial charge on any atom is -0.361 e. The Morgan fingerprint density at radius 2 is 1.84 bits per heavy atom. The van der Waals surface area contributed by atoms with Gasteiger partial charge in [0, 0.05) is 41.6 Å². The number of rotatable bonds is 7. The number of hydrogen-bond donors (Lipinski definition) is 1. The number of carbonyl (C=O) groups is 1. The van der Waals surface area contributed by atoms with Crippen LogP contribution >= 0.6 is 0 Å². The molecular formula is C23H19F3N4O. The molecule has 2 heterocycles. The van der Waals surface area contributed by atoms with Gasteiger partial charge in [0.25, 0.3) is 12.3 Å². The third-order valence-corrected chi connectivity index (χ3v) is 4.97. The number of aromatic amines is 1. The fraction of sp³-hybridized carbons (Fsp3) is 0.174. The lowest BCUT2D eigenvalue weighted by Crippen LogP contribution is -2.37. The molecule has 0 atom stereocenters. The average molecular weight is 424 g/mol. The summed E-state index contributed by atoms with van der Waals surface area (Å²) in [5, 5.41) is 0.661. The number of carbonyl (C=O) groups excluding carboxylic acids is 1. The number of H-pyrrole nitrogens is 1. The van der Waals surface area contributed by atoms with Gasteiger partial charge in [-0.05, 0) is 30.2 Å². The Labute approximate surface area is 176 Å². The number of aromatic nitrogens is 3. The van der Waals surface area contributed by atoms with Crippen LogP contribution in [0.2, 0.25) is 0 Å². The maximum Gasteiger partial charge on any atom is 0.274 e. The van der Waals surface area contributed by atoms with Crippen LogP contribution in [0.15, 0.2) is 67.1 Å². The van der Waals surface area contributed by atoms with Crippen LogP contribution in [-0.4, -0.2) is 45.3 Å².